The minimum atomic E-state index is -0.460. The van der Waals surface area contributed by atoms with Gasteiger partial charge in [0.2, 0.25) is 5.91 Å². The largest absolute Gasteiger partial charge is 0.366 e. The van der Waals surface area contributed by atoms with Gasteiger partial charge in [0, 0.05) is 11.8 Å². The molecule has 0 fully saturated rings. The summed E-state index contributed by atoms with van der Waals surface area (Å²) >= 11 is 0. The number of nitrogens with two attached hydrogens (primary N) is 1. The van der Waals surface area contributed by atoms with Gasteiger partial charge in [0.05, 0.1) is 0 Å². The first-order valence-electron chi connectivity index (χ1n) is 5.97. The number of primary amides is 1. The lowest BCUT2D eigenvalue weighted by Crippen LogP contribution is -2.11. The van der Waals surface area contributed by atoms with E-state index in [9.17, 15) is 4.79 Å². The predicted octanol–water partition coefficient (Wildman–Crippen LogP) is 3.53. The summed E-state index contributed by atoms with van der Waals surface area (Å²) < 4.78 is 0. The van der Waals surface area contributed by atoms with Crippen molar-refractivity contribution in [3.8, 4) is 0 Å². The normalized spacial score (nSPS) is 8.06. The molecule has 0 unspecified atom stereocenters. The molecule has 17 heavy (non-hydrogen) atoms. The highest BCUT2D eigenvalue weighted by atomic mass is 16.1. The van der Waals surface area contributed by atoms with Crippen LogP contribution in [0.1, 0.15) is 55.6 Å². The van der Waals surface area contributed by atoms with Crippen molar-refractivity contribution in [2.45, 2.75) is 41.0 Å². The molecule has 1 rings (SSSR count). The first-order chi connectivity index (χ1) is 8.06. The molecule has 1 aromatic carbocycles. The van der Waals surface area contributed by atoms with Gasteiger partial charge in [0.1, 0.15) is 0 Å². The molecule has 0 saturated heterocycles. The number of carbonyl (C=O) groups excluding carboxylic acids is 1. The zero-order valence-corrected chi connectivity index (χ0v) is 11.5. The van der Waals surface area contributed by atoms with Crippen LogP contribution in [-0.2, 0) is 0 Å². The fraction of sp³-hybridized carbons (Fsp3) is 0.429. The second kappa shape index (κ2) is 10.9. The van der Waals surface area contributed by atoms with Gasteiger partial charge in [-0.05, 0) is 30.2 Å². The van der Waals surface area contributed by atoms with Crippen molar-refractivity contribution in [1.29, 1.82) is 5.41 Å². The lowest BCUT2D eigenvalue weighted by Gasteiger charge is -2.00. The third-order valence-electron chi connectivity index (χ3n) is 1.72. The van der Waals surface area contributed by atoms with Gasteiger partial charge in [-0.3, -0.25) is 4.79 Å². The smallest absolute Gasteiger partial charge is 0.248 e. The Morgan fingerprint density at radius 1 is 1.35 bits per heavy atom. The minimum Gasteiger partial charge on any atom is -0.366 e. The quantitative estimate of drug-likeness (QED) is 0.758. The number of hydrogen-bond donors (Lipinski definition) is 2. The van der Waals surface area contributed by atoms with E-state index in [1.165, 1.54) is 12.6 Å². The van der Waals surface area contributed by atoms with Gasteiger partial charge in [0.25, 0.3) is 0 Å². The van der Waals surface area contributed by atoms with Crippen LogP contribution < -0.4 is 5.73 Å². The molecule has 3 nitrogen and oxygen atoms in total. The van der Waals surface area contributed by atoms with Crippen molar-refractivity contribution >= 4 is 12.1 Å². The molecule has 0 heterocycles. The second-order valence-corrected chi connectivity index (χ2v) is 3.29. The zero-order valence-electron chi connectivity index (χ0n) is 11.5. The van der Waals surface area contributed by atoms with Crippen LogP contribution >= 0.6 is 0 Å². The molecule has 0 radical (unpaired) electrons. The summed E-state index contributed by atoms with van der Waals surface area (Å²) in [5, 5.41) is 7.05. The Kier molecular flexibility index (Phi) is 11.3. The van der Waals surface area contributed by atoms with E-state index in [-0.39, 0.29) is 0 Å². The van der Waals surface area contributed by atoms with Gasteiger partial charge < -0.3 is 11.1 Å². The number of hydrogen-bond acceptors (Lipinski definition) is 2. The first-order valence-corrected chi connectivity index (χ1v) is 5.97. The van der Waals surface area contributed by atoms with E-state index in [0.717, 1.165) is 11.1 Å². The summed E-state index contributed by atoms with van der Waals surface area (Å²) in [6, 6.07) is 5.05. The fourth-order valence-electron chi connectivity index (χ4n) is 0.949. The van der Waals surface area contributed by atoms with Gasteiger partial charge in [-0.25, -0.2) is 0 Å². The molecule has 96 valence electrons. The Bertz CT molecular complexity index is 346. The SMILES string of the molecule is CC.CCC.Cc1ccc(C(N)=O)cc1C=N. The summed E-state index contributed by atoms with van der Waals surface area (Å²) in [5.41, 5.74) is 7.21. The van der Waals surface area contributed by atoms with Crippen LogP contribution in [-0.4, -0.2) is 12.1 Å². The molecule has 0 spiro atoms. The Hall–Kier alpha value is -1.64. The number of rotatable bonds is 2. The summed E-state index contributed by atoms with van der Waals surface area (Å²) in [4.78, 5) is 10.7. The second-order valence-electron chi connectivity index (χ2n) is 3.29. The number of nitrogens with one attached hydrogen (secondary N) is 1. The molecule has 1 aromatic rings. The average Bonchev–Trinajstić information content (AvgIpc) is 2.33. The standard InChI is InChI=1S/C9H10N2O.C3H8.C2H6/c1-6-2-3-7(9(11)12)4-8(6)5-10;1-3-2;1-2/h2-5,10H,1H3,(H2,11,12);3H2,1-2H3;1-2H3. The summed E-state index contributed by atoms with van der Waals surface area (Å²) in [7, 11) is 0. The Labute approximate surface area is 105 Å². The molecule has 1 amide bonds. The predicted molar refractivity (Wildman–Crippen MR) is 74.9 cm³/mol. The topological polar surface area (TPSA) is 66.9 Å². The van der Waals surface area contributed by atoms with E-state index in [1.54, 1.807) is 18.2 Å². The first kappa shape index (κ1) is 17.7. The average molecular weight is 236 g/mol. The lowest BCUT2D eigenvalue weighted by molar-refractivity contribution is 0.100. The van der Waals surface area contributed by atoms with Gasteiger partial charge in [0.15, 0.2) is 0 Å². The molecule has 0 aliphatic rings. The molecule has 3 heteroatoms. The van der Waals surface area contributed by atoms with Crippen LogP contribution in [0.25, 0.3) is 0 Å². The Morgan fingerprint density at radius 3 is 2.18 bits per heavy atom. The molecule has 0 bridgehead atoms. The maximum absolute atomic E-state index is 10.7. The monoisotopic (exact) mass is 236 g/mol. The van der Waals surface area contributed by atoms with Crippen LogP contribution in [0.3, 0.4) is 0 Å². The molecule has 0 aromatic heterocycles. The van der Waals surface area contributed by atoms with E-state index in [4.69, 9.17) is 11.1 Å². The third-order valence-corrected chi connectivity index (χ3v) is 1.72. The van der Waals surface area contributed by atoms with Crippen LogP contribution in [0.2, 0.25) is 0 Å². The maximum Gasteiger partial charge on any atom is 0.248 e. The van der Waals surface area contributed by atoms with Crippen LogP contribution in [0.15, 0.2) is 18.2 Å². The van der Waals surface area contributed by atoms with Gasteiger partial charge in [-0.1, -0.05) is 40.2 Å². The zero-order chi connectivity index (χ0) is 13.8. The number of carbonyl (C=O) groups is 1. The van der Waals surface area contributed by atoms with Gasteiger partial charge >= 0.3 is 0 Å². The minimum absolute atomic E-state index is 0.444. The van der Waals surface area contributed by atoms with Crippen molar-refractivity contribution in [2.75, 3.05) is 0 Å². The lowest BCUT2D eigenvalue weighted by atomic mass is 10.1. The summed E-state index contributed by atoms with van der Waals surface area (Å²) in [6.07, 6.45) is 2.46. The van der Waals surface area contributed by atoms with Crippen molar-refractivity contribution < 1.29 is 4.79 Å². The fourth-order valence-corrected chi connectivity index (χ4v) is 0.949. The maximum atomic E-state index is 10.7. The highest BCUT2D eigenvalue weighted by Crippen LogP contribution is 2.08. The van der Waals surface area contributed by atoms with Crippen LogP contribution in [0.4, 0.5) is 0 Å². The molecule has 0 atom stereocenters. The Balaban J connectivity index is 0. The molecule has 0 aliphatic heterocycles. The summed E-state index contributed by atoms with van der Waals surface area (Å²) in [5.74, 6) is -0.460. The highest BCUT2D eigenvalue weighted by Gasteiger charge is 2.01. The molecular weight excluding hydrogens is 212 g/mol. The van der Waals surface area contributed by atoms with E-state index < -0.39 is 5.91 Å². The number of amides is 1. The van der Waals surface area contributed by atoms with E-state index in [2.05, 4.69) is 13.8 Å². The molecule has 3 N–H and O–H groups in total. The molecule has 0 saturated carbocycles. The summed E-state index contributed by atoms with van der Waals surface area (Å²) in [6.45, 7) is 10.1. The van der Waals surface area contributed by atoms with Crippen molar-refractivity contribution in [3.05, 3.63) is 34.9 Å². The van der Waals surface area contributed by atoms with E-state index in [0.29, 0.717) is 5.56 Å². The van der Waals surface area contributed by atoms with E-state index >= 15 is 0 Å². The third kappa shape index (κ3) is 7.28. The number of aryl methyl sites for hydroxylation is 1. The highest BCUT2D eigenvalue weighted by molar-refractivity contribution is 5.95. The molecule has 0 aliphatic carbocycles. The van der Waals surface area contributed by atoms with Crippen molar-refractivity contribution in [2.24, 2.45) is 5.73 Å². The number of benzene rings is 1. The van der Waals surface area contributed by atoms with Gasteiger partial charge in [-0.2, -0.15) is 0 Å². The van der Waals surface area contributed by atoms with Crippen LogP contribution in [0, 0.1) is 12.3 Å². The van der Waals surface area contributed by atoms with Crippen LogP contribution in [0.5, 0.6) is 0 Å². The van der Waals surface area contributed by atoms with Crippen molar-refractivity contribution in [1.82, 2.24) is 0 Å². The van der Waals surface area contributed by atoms with Gasteiger partial charge in [-0.15, -0.1) is 0 Å². The Morgan fingerprint density at radius 2 is 1.82 bits per heavy atom. The van der Waals surface area contributed by atoms with Crippen molar-refractivity contribution in [3.63, 3.8) is 0 Å². The molecular formula is C14H24N2O. The van der Waals surface area contributed by atoms with E-state index in [1.807, 2.05) is 20.8 Å².